The van der Waals surface area contributed by atoms with Crippen molar-refractivity contribution in [2.45, 2.75) is 143 Å². The van der Waals surface area contributed by atoms with Crippen LogP contribution in [0.3, 0.4) is 0 Å². The van der Waals surface area contributed by atoms with Crippen molar-refractivity contribution in [2.24, 2.45) is 45.3 Å². The number of carboxylic acid groups (broad SMARTS) is 1. The van der Waals surface area contributed by atoms with Gasteiger partial charge in [0, 0.05) is 11.8 Å². The van der Waals surface area contributed by atoms with Gasteiger partial charge in [-0.1, -0.05) is 66.2 Å². The first-order valence-corrected chi connectivity index (χ1v) is 17.5. The van der Waals surface area contributed by atoms with Crippen LogP contribution in [0.25, 0.3) is 0 Å². The Labute approximate surface area is 274 Å². The van der Waals surface area contributed by atoms with E-state index in [2.05, 4.69) is 41.2 Å². The summed E-state index contributed by atoms with van der Waals surface area (Å²) in [6, 6.07) is 0. The highest BCUT2D eigenvalue weighted by Crippen LogP contribution is 2.72. The monoisotopic (exact) mass is 646 g/mol. The van der Waals surface area contributed by atoms with Gasteiger partial charge in [-0.25, -0.2) is 0 Å². The lowest BCUT2D eigenvalue weighted by Crippen LogP contribution is -2.61. The Morgan fingerprint density at radius 3 is 2.30 bits per heavy atom. The molecule has 0 aromatic carbocycles. The van der Waals surface area contributed by atoms with Crippen LogP contribution < -0.4 is 0 Å². The SMILES string of the molecule is C=C(CC[C@@H](C(=O)O)[C@H]1CC[C@@]2(C)C3=C(CC[C@]12C)[C@@]1(C)CCC(=O)C(C)(C)C1C[C@H]3O[C@@H]1O[C@H](CO)[C@@H](O)[C@H](O)[C@H]1O)C(C)C. The summed E-state index contributed by atoms with van der Waals surface area (Å²) in [6.45, 7) is 18.7. The fraction of sp³-hybridized carbons (Fsp3) is 0.838. The van der Waals surface area contributed by atoms with Crippen molar-refractivity contribution in [3.8, 4) is 0 Å². The molecule has 5 aliphatic rings. The van der Waals surface area contributed by atoms with Crippen molar-refractivity contribution in [2.75, 3.05) is 6.61 Å². The van der Waals surface area contributed by atoms with Crippen LogP contribution >= 0.6 is 0 Å². The van der Waals surface area contributed by atoms with E-state index < -0.39 is 66.1 Å². The molecule has 5 rings (SSSR count). The molecule has 1 heterocycles. The summed E-state index contributed by atoms with van der Waals surface area (Å²) in [7, 11) is 0. The second kappa shape index (κ2) is 12.4. The number of ketones is 1. The molecule has 2 saturated carbocycles. The van der Waals surface area contributed by atoms with E-state index in [0.717, 1.165) is 43.3 Å². The molecule has 12 atom stereocenters. The predicted molar refractivity (Wildman–Crippen MR) is 172 cm³/mol. The first kappa shape index (κ1) is 35.7. The van der Waals surface area contributed by atoms with Gasteiger partial charge in [-0.3, -0.25) is 9.59 Å². The van der Waals surface area contributed by atoms with Crippen LogP contribution in [0.15, 0.2) is 23.3 Å². The molecule has 0 aromatic heterocycles. The summed E-state index contributed by atoms with van der Waals surface area (Å²) >= 11 is 0. The van der Waals surface area contributed by atoms with Gasteiger partial charge in [-0.15, -0.1) is 0 Å². The number of aliphatic hydroxyl groups excluding tert-OH is 4. The van der Waals surface area contributed by atoms with E-state index in [9.17, 15) is 35.1 Å². The number of carboxylic acids is 1. The van der Waals surface area contributed by atoms with Gasteiger partial charge < -0.3 is 35.0 Å². The maximum absolute atomic E-state index is 13.3. The minimum absolute atomic E-state index is 0.0335. The van der Waals surface area contributed by atoms with Crippen molar-refractivity contribution in [1.29, 1.82) is 0 Å². The highest BCUT2D eigenvalue weighted by atomic mass is 16.7. The smallest absolute Gasteiger partial charge is 0.306 e. The molecule has 1 aliphatic heterocycles. The second-order valence-corrected chi connectivity index (χ2v) is 16.8. The first-order chi connectivity index (χ1) is 21.3. The van der Waals surface area contributed by atoms with Crippen LogP contribution in [-0.4, -0.2) is 80.7 Å². The Morgan fingerprint density at radius 2 is 1.70 bits per heavy atom. The van der Waals surface area contributed by atoms with Crippen molar-refractivity contribution in [3.05, 3.63) is 23.3 Å². The average molecular weight is 647 g/mol. The third-order valence-corrected chi connectivity index (χ3v) is 14.1. The number of fused-ring (bicyclic) bond motifs is 4. The van der Waals surface area contributed by atoms with Crippen LogP contribution in [0.4, 0.5) is 0 Å². The number of carbonyl (C=O) groups excluding carboxylic acids is 1. The standard InChI is InChI=1S/C37H58O9/c1-19(2)20(3)9-10-21(32(43)44)22-11-16-37(8)28-23(12-15-36(22,37)7)35(6)14-13-27(39)34(4,5)26(35)17-24(28)45-33-31(42)30(41)29(40)25(18-38)46-33/h19,21-22,24-26,29-31,33,38,40-42H,3,9-18H2,1-2,4-8H3,(H,43,44)/t21-,22-,24-,25-,26?,29-,30+,31-,33-,35-,36-,37+/m1/s1. The minimum Gasteiger partial charge on any atom is -0.481 e. The molecule has 0 radical (unpaired) electrons. The lowest BCUT2D eigenvalue weighted by Gasteiger charge is -2.62. The third kappa shape index (κ3) is 5.36. The summed E-state index contributed by atoms with van der Waals surface area (Å²) in [5, 5.41) is 52.5. The number of aliphatic hydroxyl groups is 4. The summed E-state index contributed by atoms with van der Waals surface area (Å²) in [5.41, 5.74) is 1.90. The number of ether oxygens (including phenoxy) is 2. The van der Waals surface area contributed by atoms with Gasteiger partial charge in [0.15, 0.2) is 6.29 Å². The molecule has 9 heteroatoms. The molecule has 3 fully saturated rings. The quantitative estimate of drug-likeness (QED) is 0.223. The highest BCUT2D eigenvalue weighted by Gasteiger charge is 2.66. The zero-order chi connectivity index (χ0) is 34.1. The van der Waals surface area contributed by atoms with E-state index in [1.165, 1.54) is 5.57 Å². The number of rotatable bonds is 9. The van der Waals surface area contributed by atoms with E-state index in [4.69, 9.17) is 9.47 Å². The van der Waals surface area contributed by atoms with E-state index >= 15 is 0 Å². The number of hydrogen-bond acceptors (Lipinski definition) is 8. The molecule has 0 amide bonds. The third-order valence-electron chi connectivity index (χ3n) is 14.1. The normalized spacial score (nSPS) is 44.4. The second-order valence-electron chi connectivity index (χ2n) is 16.8. The van der Waals surface area contributed by atoms with Crippen molar-refractivity contribution in [3.63, 3.8) is 0 Å². The van der Waals surface area contributed by atoms with Crippen LogP contribution in [0.1, 0.15) is 106 Å². The lowest BCUT2D eigenvalue weighted by molar-refractivity contribution is -0.312. The minimum atomic E-state index is -1.56. The van der Waals surface area contributed by atoms with Gasteiger partial charge in [0.1, 0.15) is 30.2 Å². The molecule has 4 aliphatic carbocycles. The summed E-state index contributed by atoms with van der Waals surface area (Å²) < 4.78 is 12.6. The van der Waals surface area contributed by atoms with E-state index in [1.54, 1.807) is 0 Å². The molecule has 1 unspecified atom stereocenters. The number of hydrogen-bond donors (Lipinski definition) is 5. The van der Waals surface area contributed by atoms with Gasteiger partial charge >= 0.3 is 5.97 Å². The molecule has 260 valence electrons. The Kier molecular flexibility index (Phi) is 9.59. The van der Waals surface area contributed by atoms with Gasteiger partial charge in [-0.05, 0) is 90.9 Å². The number of aliphatic carboxylic acids is 1. The maximum Gasteiger partial charge on any atom is 0.306 e. The molecule has 0 aromatic rings. The molecule has 46 heavy (non-hydrogen) atoms. The van der Waals surface area contributed by atoms with Gasteiger partial charge in [0.25, 0.3) is 0 Å². The zero-order valence-electron chi connectivity index (χ0n) is 28.9. The first-order valence-electron chi connectivity index (χ1n) is 17.5. The Hall–Kier alpha value is -1.62. The van der Waals surface area contributed by atoms with Gasteiger partial charge in [-0.2, -0.15) is 0 Å². The molecular formula is C37H58O9. The molecule has 1 saturated heterocycles. The van der Waals surface area contributed by atoms with Crippen LogP contribution in [-0.2, 0) is 19.1 Å². The molecule has 0 bridgehead atoms. The fourth-order valence-corrected chi connectivity index (χ4v) is 10.7. The number of Topliss-reactive ketones (excluding diaryl/α,β-unsaturated/α-hetero) is 1. The summed E-state index contributed by atoms with van der Waals surface area (Å²) in [4.78, 5) is 26.2. The van der Waals surface area contributed by atoms with Crippen molar-refractivity contribution < 1.29 is 44.6 Å². The summed E-state index contributed by atoms with van der Waals surface area (Å²) in [5.74, 6) is -0.827. The number of carbonyl (C=O) groups is 2. The average Bonchev–Trinajstić information content (AvgIpc) is 3.26. The number of allylic oxidation sites excluding steroid dienone is 2. The molecule has 0 spiro atoms. The predicted octanol–water partition coefficient (Wildman–Crippen LogP) is 4.79. The Morgan fingerprint density at radius 1 is 1.02 bits per heavy atom. The van der Waals surface area contributed by atoms with Crippen LogP contribution in [0.5, 0.6) is 0 Å². The van der Waals surface area contributed by atoms with Crippen molar-refractivity contribution >= 4 is 11.8 Å². The zero-order valence-corrected chi connectivity index (χ0v) is 28.9. The summed E-state index contributed by atoms with van der Waals surface area (Å²) in [6.07, 6.45) is -1.40. The maximum atomic E-state index is 13.3. The van der Waals surface area contributed by atoms with Gasteiger partial charge in [0.2, 0.25) is 0 Å². The van der Waals surface area contributed by atoms with E-state index in [0.29, 0.717) is 31.6 Å². The largest absolute Gasteiger partial charge is 0.481 e. The molecule has 5 N–H and O–H groups in total. The lowest BCUT2D eigenvalue weighted by atomic mass is 9.43. The van der Waals surface area contributed by atoms with E-state index in [-0.39, 0.29) is 28.4 Å². The molecule has 9 nitrogen and oxygen atoms in total. The van der Waals surface area contributed by atoms with Gasteiger partial charge in [0.05, 0.1) is 18.6 Å². The molecular weight excluding hydrogens is 588 g/mol. The fourth-order valence-electron chi connectivity index (χ4n) is 10.7. The van der Waals surface area contributed by atoms with Crippen LogP contribution in [0.2, 0.25) is 0 Å². The van der Waals surface area contributed by atoms with E-state index in [1.807, 2.05) is 13.8 Å². The Bertz CT molecular complexity index is 1250. The Balaban J connectivity index is 1.58. The highest BCUT2D eigenvalue weighted by molar-refractivity contribution is 5.86. The topological polar surface area (TPSA) is 154 Å². The van der Waals surface area contributed by atoms with Crippen molar-refractivity contribution in [1.82, 2.24) is 0 Å². The van der Waals surface area contributed by atoms with Crippen LogP contribution in [0, 0.1) is 45.3 Å².